The topological polar surface area (TPSA) is 138 Å². The number of halogens is 1. The normalized spacial score (nSPS) is 25.4. The van der Waals surface area contributed by atoms with Gasteiger partial charge in [-0.3, -0.25) is 24.1 Å². The van der Waals surface area contributed by atoms with E-state index in [-0.39, 0.29) is 47.2 Å². The van der Waals surface area contributed by atoms with Gasteiger partial charge in [-0.05, 0) is 90.2 Å². The van der Waals surface area contributed by atoms with Crippen LogP contribution in [-0.2, 0) is 19.2 Å². The molecule has 2 aromatic rings. The van der Waals surface area contributed by atoms with E-state index in [0.717, 1.165) is 10.5 Å². The van der Waals surface area contributed by atoms with E-state index in [1.807, 2.05) is 28.7 Å². The second-order valence-electron chi connectivity index (χ2n) is 10.6. The number of carboxylic acids is 1. The van der Waals surface area contributed by atoms with Crippen LogP contribution in [0, 0.1) is 21.3 Å². The van der Waals surface area contributed by atoms with Crippen LogP contribution in [0.2, 0.25) is 0 Å². The maximum absolute atomic E-state index is 14.0. The number of imide groups is 1. The van der Waals surface area contributed by atoms with E-state index in [1.165, 1.54) is 37.5 Å². The zero-order valence-electron chi connectivity index (χ0n) is 22.0. The number of Topliss-reactive ketones (excluding diaryl/α,β-unsaturated/α-hetero) is 1. The smallest absolute Gasteiger partial charge is 0.335 e. The Morgan fingerprint density at radius 2 is 1.83 bits per heavy atom. The summed E-state index contributed by atoms with van der Waals surface area (Å²) >= 11 is 1.97. The van der Waals surface area contributed by atoms with Crippen molar-refractivity contribution >= 4 is 57.6 Å². The first-order valence-electron chi connectivity index (χ1n) is 13.0. The van der Waals surface area contributed by atoms with Crippen molar-refractivity contribution < 1.29 is 38.9 Å². The third-order valence-corrected chi connectivity index (χ3v) is 9.34. The van der Waals surface area contributed by atoms with Crippen molar-refractivity contribution in [1.29, 1.82) is 0 Å². The summed E-state index contributed by atoms with van der Waals surface area (Å²) in [6.45, 7) is 1.60. The summed E-state index contributed by atoms with van der Waals surface area (Å²) in [5, 5.41) is 19.9. The van der Waals surface area contributed by atoms with E-state index < -0.39 is 41.5 Å². The number of nitrogens with zero attached hydrogens (tertiary/aromatic N) is 1. The largest absolute Gasteiger partial charge is 0.504 e. The van der Waals surface area contributed by atoms with E-state index >= 15 is 0 Å². The number of carboxylic acid groups (broad SMARTS) is 1. The second-order valence-corrected chi connectivity index (χ2v) is 11.8. The number of aromatic hydroxyl groups is 1. The van der Waals surface area contributed by atoms with Crippen LogP contribution in [0.3, 0.4) is 0 Å². The molecular formula is C31H24INO8. The molecule has 41 heavy (non-hydrogen) atoms. The monoisotopic (exact) mass is 665 g/mol. The zero-order chi connectivity index (χ0) is 29.3. The number of rotatable bonds is 4. The molecule has 0 unspecified atom stereocenters. The molecule has 0 aromatic heterocycles. The molecule has 4 atom stereocenters. The fourth-order valence-corrected chi connectivity index (χ4v) is 7.31. The van der Waals surface area contributed by atoms with Crippen LogP contribution in [0.4, 0.5) is 5.69 Å². The summed E-state index contributed by atoms with van der Waals surface area (Å²) in [6.07, 6.45) is 3.60. The minimum atomic E-state index is -1.18. The number of hydrogen-bond donors (Lipinski definition) is 2. The van der Waals surface area contributed by atoms with E-state index in [0.29, 0.717) is 25.9 Å². The third kappa shape index (κ3) is 4.06. The number of ether oxygens (including phenoxy) is 1. The van der Waals surface area contributed by atoms with Crippen molar-refractivity contribution in [3.8, 4) is 11.5 Å². The van der Waals surface area contributed by atoms with Gasteiger partial charge in [0.2, 0.25) is 11.8 Å². The van der Waals surface area contributed by atoms with E-state index in [9.17, 15) is 34.2 Å². The number of methoxy groups -OCH3 is 1. The summed E-state index contributed by atoms with van der Waals surface area (Å²) in [5.41, 5.74) is 2.53. The zero-order valence-corrected chi connectivity index (χ0v) is 24.2. The number of amides is 2. The summed E-state index contributed by atoms with van der Waals surface area (Å²) in [6, 6.07) is 9.07. The molecule has 0 saturated carbocycles. The van der Waals surface area contributed by atoms with Gasteiger partial charge in [0.1, 0.15) is 0 Å². The van der Waals surface area contributed by atoms with Gasteiger partial charge in [0.05, 0.1) is 33.8 Å². The molecule has 6 rings (SSSR count). The van der Waals surface area contributed by atoms with Gasteiger partial charge in [-0.15, -0.1) is 0 Å². The van der Waals surface area contributed by atoms with Crippen LogP contribution in [0.15, 0.2) is 70.8 Å². The van der Waals surface area contributed by atoms with Gasteiger partial charge in [0.25, 0.3) is 0 Å². The standard InChI is InChI=1S/C31H24INO8/c1-13-8-22(34)20-12-19-17(24(26(20)27(13)35)15-10-21(32)28(36)23(11-15)41-2)6-7-18-25(19)30(38)33(29(18)37)16-5-3-4-14(9-16)31(39)40/h3-6,8-11,18-19,24-25,36H,7,12H2,1-2H3,(H,39,40)/t18-,19+,24-,25-/m0/s1. The molecule has 4 aliphatic rings. The van der Waals surface area contributed by atoms with Crippen molar-refractivity contribution in [3.05, 3.63) is 85.5 Å². The quantitative estimate of drug-likeness (QED) is 0.213. The number of fused-ring (bicyclic) bond motifs is 3. The van der Waals surface area contributed by atoms with E-state index in [2.05, 4.69) is 0 Å². The predicted octanol–water partition coefficient (Wildman–Crippen LogP) is 4.34. The molecule has 1 saturated heterocycles. The van der Waals surface area contributed by atoms with Crippen molar-refractivity contribution in [3.63, 3.8) is 0 Å². The molecule has 2 amide bonds. The number of benzene rings is 2. The van der Waals surface area contributed by atoms with Gasteiger partial charge >= 0.3 is 5.97 Å². The number of anilines is 1. The molecule has 1 fully saturated rings. The van der Waals surface area contributed by atoms with Crippen molar-refractivity contribution in [2.45, 2.75) is 25.7 Å². The lowest BCUT2D eigenvalue weighted by Gasteiger charge is -2.42. The first-order chi connectivity index (χ1) is 19.5. The fraction of sp³-hybridized carbons (Fsp3) is 0.258. The van der Waals surface area contributed by atoms with E-state index in [1.54, 1.807) is 19.1 Å². The maximum Gasteiger partial charge on any atom is 0.335 e. The van der Waals surface area contributed by atoms with Gasteiger partial charge in [0, 0.05) is 22.6 Å². The molecule has 0 bridgehead atoms. The molecule has 2 aromatic carbocycles. The van der Waals surface area contributed by atoms with Crippen LogP contribution in [0.25, 0.3) is 0 Å². The second kappa shape index (κ2) is 9.79. The number of carbonyl (C=O) groups excluding carboxylic acids is 4. The minimum absolute atomic E-state index is 0.0472. The summed E-state index contributed by atoms with van der Waals surface area (Å²) in [5.74, 6) is -5.14. The molecule has 3 aliphatic carbocycles. The highest BCUT2D eigenvalue weighted by molar-refractivity contribution is 14.1. The van der Waals surface area contributed by atoms with Crippen molar-refractivity contribution in [1.82, 2.24) is 0 Å². The third-order valence-electron chi connectivity index (χ3n) is 8.52. The molecular weight excluding hydrogens is 641 g/mol. The van der Waals surface area contributed by atoms with Crippen molar-refractivity contribution in [2.75, 3.05) is 12.0 Å². The first-order valence-corrected chi connectivity index (χ1v) is 14.1. The van der Waals surface area contributed by atoms with Gasteiger partial charge < -0.3 is 14.9 Å². The number of carbonyl (C=O) groups is 5. The number of allylic oxidation sites excluding steroid dienone is 6. The summed E-state index contributed by atoms with van der Waals surface area (Å²) in [7, 11) is 1.42. The average Bonchev–Trinajstić information content (AvgIpc) is 3.21. The highest BCUT2D eigenvalue weighted by Gasteiger charge is 2.56. The summed E-state index contributed by atoms with van der Waals surface area (Å²) in [4.78, 5) is 67.1. The molecule has 0 radical (unpaired) electrons. The SMILES string of the molecule is COc1cc([C@H]2C3=CC[C@@H]4C(=O)N(c5cccc(C(=O)O)c5)C(=O)[C@@H]4[C@@H]3CC3=C2C(=O)C(C)=CC3=O)cc(I)c1O. The number of aromatic carboxylic acids is 1. The molecule has 208 valence electrons. The van der Waals surface area contributed by atoms with Gasteiger partial charge in [0.15, 0.2) is 23.1 Å². The molecule has 10 heteroatoms. The Hall–Kier alpha value is -4.06. The molecule has 1 aliphatic heterocycles. The van der Waals surface area contributed by atoms with Gasteiger partial charge in [-0.25, -0.2) is 4.79 Å². The summed E-state index contributed by atoms with van der Waals surface area (Å²) < 4.78 is 5.88. The van der Waals surface area contributed by atoms with E-state index in [4.69, 9.17) is 4.74 Å². The maximum atomic E-state index is 14.0. The number of phenols is 1. The van der Waals surface area contributed by atoms with Crippen LogP contribution < -0.4 is 9.64 Å². The highest BCUT2D eigenvalue weighted by atomic mass is 127. The lowest BCUT2D eigenvalue weighted by molar-refractivity contribution is -0.123. The van der Waals surface area contributed by atoms with Crippen LogP contribution in [0.5, 0.6) is 11.5 Å². The lowest BCUT2D eigenvalue weighted by Crippen LogP contribution is -2.39. The predicted molar refractivity (Wildman–Crippen MR) is 155 cm³/mol. The number of hydrogen-bond acceptors (Lipinski definition) is 7. The van der Waals surface area contributed by atoms with Crippen LogP contribution >= 0.6 is 22.6 Å². The number of ketones is 2. The average molecular weight is 665 g/mol. The molecule has 0 spiro atoms. The molecule has 1 heterocycles. The van der Waals surface area contributed by atoms with Gasteiger partial charge in [-0.1, -0.05) is 17.7 Å². The Morgan fingerprint density at radius 1 is 1.07 bits per heavy atom. The Bertz CT molecular complexity index is 1700. The highest BCUT2D eigenvalue weighted by Crippen LogP contribution is 2.56. The van der Waals surface area contributed by atoms with Crippen molar-refractivity contribution in [2.24, 2.45) is 17.8 Å². The Balaban J connectivity index is 1.49. The fourth-order valence-electron chi connectivity index (χ4n) is 6.69. The van der Waals surface area contributed by atoms with Crippen LogP contribution in [0.1, 0.15) is 41.6 Å². The number of phenolic OH excluding ortho intramolecular Hbond substituents is 1. The first kappa shape index (κ1) is 27.1. The molecule has 2 N–H and O–H groups in total. The Kier molecular flexibility index (Phi) is 6.48. The van der Waals surface area contributed by atoms with Crippen LogP contribution in [-0.4, -0.2) is 46.7 Å². The molecule has 9 nitrogen and oxygen atoms in total. The Morgan fingerprint density at radius 3 is 2.54 bits per heavy atom. The minimum Gasteiger partial charge on any atom is -0.504 e. The van der Waals surface area contributed by atoms with Gasteiger partial charge in [-0.2, -0.15) is 0 Å². The lowest BCUT2D eigenvalue weighted by atomic mass is 9.59. The Labute approximate surface area is 248 Å².